The van der Waals surface area contributed by atoms with Crippen LogP contribution >= 0.6 is 0 Å². The third-order valence-corrected chi connectivity index (χ3v) is 9.07. The van der Waals surface area contributed by atoms with E-state index in [1.54, 1.807) is 0 Å². The number of benzene rings is 4. The zero-order valence-electron chi connectivity index (χ0n) is 26.5. The molecule has 0 N–H and O–H groups in total. The second kappa shape index (κ2) is 13.5. The molecule has 0 aromatic heterocycles. The Morgan fingerprint density at radius 2 is 1.10 bits per heavy atom. The summed E-state index contributed by atoms with van der Waals surface area (Å²) in [4.78, 5) is 0. The minimum atomic E-state index is 0.203. The van der Waals surface area contributed by atoms with Crippen LogP contribution in [0.1, 0.15) is 77.6 Å². The van der Waals surface area contributed by atoms with Crippen molar-refractivity contribution in [1.82, 2.24) is 0 Å². The van der Waals surface area contributed by atoms with Crippen LogP contribution in [0.4, 0.5) is 0 Å². The minimum absolute atomic E-state index is 0.203. The molecule has 5 aromatic rings. The van der Waals surface area contributed by atoms with Crippen LogP contribution in [0.25, 0.3) is 21.5 Å². The van der Waals surface area contributed by atoms with Crippen LogP contribution < -0.4 is 0 Å². The molecule has 5 aromatic carbocycles. The average molecular weight is 628 g/mol. The Morgan fingerprint density at radius 3 is 1.40 bits per heavy atom. The van der Waals surface area contributed by atoms with Gasteiger partial charge in [-0.3, -0.25) is 6.08 Å². The van der Waals surface area contributed by atoms with Crippen molar-refractivity contribution in [3.63, 3.8) is 0 Å². The van der Waals surface area contributed by atoms with Gasteiger partial charge in [-0.05, 0) is 10.8 Å². The van der Waals surface area contributed by atoms with Crippen LogP contribution in [0.15, 0.2) is 121 Å². The van der Waals surface area contributed by atoms with E-state index in [-0.39, 0.29) is 10.8 Å². The van der Waals surface area contributed by atoms with Crippen molar-refractivity contribution >= 4 is 24.8 Å². The predicted octanol–water partition coefficient (Wildman–Crippen LogP) is 11.1. The molecule has 1 aliphatic rings. The van der Waals surface area contributed by atoms with E-state index in [0.717, 1.165) is 0 Å². The van der Waals surface area contributed by atoms with Gasteiger partial charge in [0.25, 0.3) is 0 Å². The van der Waals surface area contributed by atoms with Crippen molar-refractivity contribution in [2.45, 2.75) is 66.2 Å². The first-order valence-corrected chi connectivity index (χ1v) is 16.2. The van der Waals surface area contributed by atoms with Gasteiger partial charge in [0.15, 0.2) is 0 Å². The summed E-state index contributed by atoms with van der Waals surface area (Å²) in [6, 6.07) is 37.3. The van der Waals surface area contributed by atoms with Crippen LogP contribution in [0.2, 0.25) is 0 Å². The summed E-state index contributed by atoms with van der Waals surface area (Å²) in [7, 11) is 0. The average Bonchev–Trinajstić information content (AvgIpc) is 3.53. The van der Waals surface area contributed by atoms with E-state index in [2.05, 4.69) is 177 Å². The van der Waals surface area contributed by atoms with Crippen LogP contribution in [0.5, 0.6) is 0 Å². The molecule has 0 radical (unpaired) electrons. The SMILES string of the molecule is CC(C)(C)c1ccc2c(c1)[cH-]c1cc(C(C)(C)C)ccc12.CC1=[C-]C(C)C=C1.[Zr+2]=[C](c1ccccc1)c1ccccc1. The second-order valence-electron chi connectivity index (χ2n) is 13.3. The fourth-order valence-corrected chi connectivity index (χ4v) is 5.90. The number of hydrogen-bond donors (Lipinski definition) is 0. The maximum absolute atomic E-state index is 3.22. The monoisotopic (exact) mass is 626 g/mol. The second-order valence-corrected chi connectivity index (χ2v) is 14.6. The Hall–Kier alpha value is -3.02. The van der Waals surface area contributed by atoms with E-state index in [4.69, 9.17) is 0 Å². The topological polar surface area (TPSA) is 0 Å². The van der Waals surface area contributed by atoms with Crippen molar-refractivity contribution in [3.05, 3.63) is 149 Å². The van der Waals surface area contributed by atoms with Crippen molar-refractivity contribution in [2.24, 2.45) is 5.92 Å². The Labute approximate surface area is 268 Å². The molecular formula is C41H44Zr. The third-order valence-electron chi connectivity index (χ3n) is 7.65. The molecule has 0 nitrogen and oxygen atoms in total. The molecular weight excluding hydrogens is 584 g/mol. The Kier molecular flexibility index (Phi) is 10.3. The Balaban J connectivity index is 0.000000165. The molecule has 0 amide bonds. The number of fused-ring (bicyclic) bond motifs is 3. The van der Waals surface area contributed by atoms with Gasteiger partial charge in [0, 0.05) is 0 Å². The van der Waals surface area contributed by atoms with Crippen LogP contribution in [-0.2, 0) is 35.1 Å². The van der Waals surface area contributed by atoms with E-state index in [0.29, 0.717) is 5.92 Å². The quantitative estimate of drug-likeness (QED) is 0.171. The van der Waals surface area contributed by atoms with E-state index < -0.39 is 0 Å². The zero-order valence-corrected chi connectivity index (χ0v) is 29.0. The standard InChI is InChI=1S/C21H25.C13H10.C7H9.Zr/c1-20(2,3)16-7-9-18-14(12-16)11-15-13-17(21(4,5)6)8-10-19(15)18;1-3-7-12(8-4-1)11-13-9-5-2-6-10-13;1-6-3-4-7(2)5-6;/h7-13H,1-6H3;1-10H;3-4,6H,1-2H3;/q-1;;-1;+2. The molecule has 0 spiro atoms. The first-order valence-electron chi connectivity index (χ1n) is 14.9. The summed E-state index contributed by atoms with van der Waals surface area (Å²) in [6.07, 6.45) is 7.47. The summed E-state index contributed by atoms with van der Waals surface area (Å²) < 4.78 is 1.42. The van der Waals surface area contributed by atoms with Gasteiger partial charge in [-0.2, -0.15) is 6.08 Å². The number of allylic oxidation sites excluding steroid dienone is 4. The molecule has 1 aliphatic carbocycles. The number of hydrogen-bond acceptors (Lipinski definition) is 0. The first-order chi connectivity index (χ1) is 19.8. The molecule has 6 rings (SSSR count). The molecule has 0 bridgehead atoms. The van der Waals surface area contributed by atoms with E-state index in [9.17, 15) is 0 Å². The van der Waals surface area contributed by atoms with Gasteiger partial charge >= 0.3 is 99.2 Å². The molecule has 0 heterocycles. The fourth-order valence-electron chi connectivity index (χ4n) is 5.08. The summed E-state index contributed by atoms with van der Waals surface area (Å²) >= 11 is 1.46. The maximum atomic E-state index is 3.22. The van der Waals surface area contributed by atoms with Gasteiger partial charge in [0.2, 0.25) is 0 Å². The Morgan fingerprint density at radius 1 is 0.667 bits per heavy atom. The summed E-state index contributed by atoms with van der Waals surface area (Å²) in [5.41, 5.74) is 7.15. The van der Waals surface area contributed by atoms with E-state index >= 15 is 0 Å². The van der Waals surface area contributed by atoms with Gasteiger partial charge in [0.1, 0.15) is 0 Å². The van der Waals surface area contributed by atoms with E-state index in [1.807, 2.05) is 0 Å². The van der Waals surface area contributed by atoms with Crippen LogP contribution in [0.3, 0.4) is 0 Å². The molecule has 0 saturated heterocycles. The first kappa shape index (κ1) is 31.9. The van der Waals surface area contributed by atoms with Crippen molar-refractivity contribution in [2.75, 3.05) is 0 Å². The van der Waals surface area contributed by atoms with Gasteiger partial charge in [0.05, 0.1) is 0 Å². The normalized spacial score (nSPS) is 14.6. The molecule has 1 unspecified atom stereocenters. The molecule has 212 valence electrons. The van der Waals surface area contributed by atoms with Crippen LogP contribution in [0, 0.1) is 12.0 Å². The zero-order chi connectivity index (χ0) is 30.5. The van der Waals surface area contributed by atoms with Gasteiger partial charge in [-0.25, -0.2) is 11.6 Å². The van der Waals surface area contributed by atoms with Crippen molar-refractivity contribution in [1.29, 1.82) is 0 Å². The molecule has 42 heavy (non-hydrogen) atoms. The molecule has 1 heteroatoms. The Bertz CT molecular complexity index is 1590. The molecule has 0 aliphatic heterocycles. The van der Waals surface area contributed by atoms with E-state index in [1.165, 1.54) is 76.8 Å². The molecule has 0 saturated carbocycles. The number of rotatable bonds is 2. The van der Waals surface area contributed by atoms with Crippen molar-refractivity contribution in [3.8, 4) is 0 Å². The molecule has 1 atom stereocenters. The summed E-state index contributed by atoms with van der Waals surface area (Å²) in [6.45, 7) is 17.8. The van der Waals surface area contributed by atoms with Gasteiger partial charge in [-0.15, -0.1) is 39.7 Å². The van der Waals surface area contributed by atoms with Crippen LogP contribution in [-0.4, -0.2) is 3.21 Å². The third kappa shape index (κ3) is 8.29. The predicted molar refractivity (Wildman–Crippen MR) is 181 cm³/mol. The summed E-state index contributed by atoms with van der Waals surface area (Å²) in [5, 5.41) is 5.48. The fraction of sp³-hybridized carbons (Fsp3) is 0.268. The summed E-state index contributed by atoms with van der Waals surface area (Å²) in [5.74, 6) is 0.556. The molecule has 0 fully saturated rings. The van der Waals surface area contributed by atoms with Crippen molar-refractivity contribution < 1.29 is 24.2 Å². The van der Waals surface area contributed by atoms with Gasteiger partial charge in [-0.1, -0.05) is 96.7 Å². The van der Waals surface area contributed by atoms with Gasteiger partial charge < -0.3 is 0 Å².